The number of hydrogen-bond acceptors (Lipinski definition) is 6. The minimum atomic E-state index is -0.639. The number of aryl methyl sites for hydroxylation is 4. The molecule has 0 radical (unpaired) electrons. The van der Waals surface area contributed by atoms with Crippen LogP contribution in [0.1, 0.15) is 27.4 Å². The summed E-state index contributed by atoms with van der Waals surface area (Å²) in [6.45, 7) is 5.58. The zero-order valence-electron chi connectivity index (χ0n) is 19.0. The Kier molecular flexibility index (Phi) is 5.12. The van der Waals surface area contributed by atoms with E-state index in [4.69, 9.17) is 0 Å². The van der Waals surface area contributed by atoms with Gasteiger partial charge in [-0.05, 0) is 31.9 Å². The summed E-state index contributed by atoms with van der Waals surface area (Å²) in [4.78, 5) is 26.4. The highest BCUT2D eigenvalue weighted by atomic mass is 19.1. The van der Waals surface area contributed by atoms with Crippen molar-refractivity contribution < 1.29 is 9.18 Å². The lowest BCUT2D eigenvalue weighted by atomic mass is 10.1. The molecule has 0 fully saturated rings. The summed E-state index contributed by atoms with van der Waals surface area (Å²) in [5.41, 5.74) is 4.44. The van der Waals surface area contributed by atoms with Gasteiger partial charge in [0.1, 0.15) is 11.5 Å². The number of rotatable bonds is 4. The van der Waals surface area contributed by atoms with Crippen molar-refractivity contribution in [3.63, 3.8) is 0 Å². The number of aromatic nitrogens is 7. The Morgan fingerprint density at radius 1 is 1.03 bits per heavy atom. The van der Waals surface area contributed by atoms with Gasteiger partial charge in [0, 0.05) is 24.9 Å². The van der Waals surface area contributed by atoms with Crippen molar-refractivity contribution in [1.82, 2.24) is 34.3 Å². The van der Waals surface area contributed by atoms with Gasteiger partial charge in [-0.3, -0.25) is 9.48 Å². The lowest BCUT2D eigenvalue weighted by Crippen LogP contribution is -2.18. The molecule has 0 saturated heterocycles. The van der Waals surface area contributed by atoms with Crippen molar-refractivity contribution in [2.75, 3.05) is 5.32 Å². The molecule has 0 bridgehead atoms. The molecule has 4 heterocycles. The largest absolute Gasteiger partial charge is 0.318 e. The Hall–Kier alpha value is -4.47. The van der Waals surface area contributed by atoms with Gasteiger partial charge >= 0.3 is 0 Å². The van der Waals surface area contributed by atoms with E-state index in [2.05, 4.69) is 30.5 Å². The summed E-state index contributed by atoms with van der Waals surface area (Å²) in [6, 6.07) is 9.15. The highest BCUT2D eigenvalue weighted by molar-refractivity contribution is 6.07. The molecule has 0 spiro atoms. The third kappa shape index (κ3) is 3.68. The first-order chi connectivity index (χ1) is 16.3. The Morgan fingerprint density at radius 2 is 1.82 bits per heavy atom. The van der Waals surface area contributed by atoms with Crippen LogP contribution in [-0.4, -0.2) is 40.3 Å². The highest BCUT2D eigenvalue weighted by Crippen LogP contribution is 2.27. The molecule has 1 amide bonds. The second-order valence-corrected chi connectivity index (χ2v) is 8.02. The van der Waals surface area contributed by atoms with Crippen molar-refractivity contribution in [1.29, 1.82) is 0 Å². The molecule has 0 aliphatic carbocycles. The van der Waals surface area contributed by atoms with Gasteiger partial charge in [0.05, 0.1) is 29.3 Å². The van der Waals surface area contributed by atoms with Gasteiger partial charge in [-0.1, -0.05) is 24.3 Å². The molecule has 34 heavy (non-hydrogen) atoms. The predicted molar refractivity (Wildman–Crippen MR) is 125 cm³/mol. The monoisotopic (exact) mass is 456 g/mol. The van der Waals surface area contributed by atoms with Gasteiger partial charge in [-0.15, -0.1) is 5.10 Å². The Balaban J connectivity index is 1.51. The van der Waals surface area contributed by atoms with E-state index >= 15 is 0 Å². The number of pyridine rings is 1. The van der Waals surface area contributed by atoms with Crippen LogP contribution in [0.2, 0.25) is 0 Å². The van der Waals surface area contributed by atoms with E-state index in [1.807, 2.05) is 38.1 Å². The minimum absolute atomic E-state index is 0.0102. The number of nitrogens with zero attached hydrogens (tertiary/aromatic N) is 7. The van der Waals surface area contributed by atoms with Gasteiger partial charge in [-0.25, -0.2) is 23.9 Å². The molecule has 5 rings (SSSR count). The molecule has 4 aromatic heterocycles. The standard InChI is InChI=1S/C24H21FN8O/c1-13-7-5-6-8-16(13)23-30-20-9-19(18(25)12-33(20)31-23)29-24(34)22-17(11-27-32(22)4)21-14(2)10-26-15(3)28-21/h5-12H,1-4H3,(H,29,34). The third-order valence-electron chi connectivity index (χ3n) is 5.56. The second kappa shape index (κ2) is 8.14. The van der Waals surface area contributed by atoms with E-state index < -0.39 is 11.7 Å². The number of halogens is 1. The van der Waals surface area contributed by atoms with Crippen LogP contribution < -0.4 is 5.32 Å². The van der Waals surface area contributed by atoms with Crippen LogP contribution in [0.4, 0.5) is 10.1 Å². The zero-order valence-corrected chi connectivity index (χ0v) is 19.0. The molecule has 5 aromatic rings. The lowest BCUT2D eigenvalue weighted by molar-refractivity contribution is 0.101. The van der Waals surface area contributed by atoms with Crippen LogP contribution >= 0.6 is 0 Å². The lowest BCUT2D eigenvalue weighted by Gasteiger charge is -2.10. The van der Waals surface area contributed by atoms with Crippen molar-refractivity contribution in [3.8, 4) is 22.6 Å². The number of hydrogen-bond donors (Lipinski definition) is 1. The molecule has 10 heteroatoms. The smallest absolute Gasteiger partial charge is 0.274 e. The molecule has 0 atom stereocenters. The number of fused-ring (bicyclic) bond motifs is 1. The molecule has 1 aromatic carbocycles. The van der Waals surface area contributed by atoms with Crippen LogP contribution in [0.15, 0.2) is 48.9 Å². The zero-order chi connectivity index (χ0) is 24.0. The molecular weight excluding hydrogens is 435 g/mol. The molecule has 170 valence electrons. The minimum Gasteiger partial charge on any atom is -0.318 e. The molecule has 9 nitrogen and oxygen atoms in total. The van der Waals surface area contributed by atoms with Crippen molar-refractivity contribution in [3.05, 3.63) is 77.4 Å². The van der Waals surface area contributed by atoms with E-state index in [0.717, 1.165) is 16.7 Å². The maximum Gasteiger partial charge on any atom is 0.274 e. The fourth-order valence-corrected chi connectivity index (χ4v) is 3.80. The number of benzene rings is 1. The van der Waals surface area contributed by atoms with Crippen molar-refractivity contribution in [2.45, 2.75) is 20.8 Å². The van der Waals surface area contributed by atoms with Gasteiger partial charge < -0.3 is 5.32 Å². The predicted octanol–water partition coefficient (Wildman–Crippen LogP) is 3.90. The normalized spacial score (nSPS) is 11.2. The van der Waals surface area contributed by atoms with E-state index in [0.29, 0.717) is 28.6 Å². The maximum absolute atomic E-state index is 14.9. The number of nitrogens with one attached hydrogen (secondary N) is 1. The number of amides is 1. The first-order valence-electron chi connectivity index (χ1n) is 10.6. The summed E-state index contributed by atoms with van der Waals surface area (Å²) >= 11 is 0. The summed E-state index contributed by atoms with van der Waals surface area (Å²) in [7, 11) is 1.65. The number of carbonyl (C=O) groups excluding carboxylic acids is 1. The molecular formula is C24H21FN8O. The summed E-state index contributed by atoms with van der Waals surface area (Å²) in [5, 5.41) is 11.3. The summed E-state index contributed by atoms with van der Waals surface area (Å²) in [5.74, 6) is -0.111. The first kappa shape index (κ1) is 21.4. The quantitative estimate of drug-likeness (QED) is 0.440. The average molecular weight is 456 g/mol. The number of anilines is 1. The van der Waals surface area contributed by atoms with Gasteiger partial charge in [0.25, 0.3) is 5.91 Å². The van der Waals surface area contributed by atoms with Gasteiger partial charge in [0.15, 0.2) is 17.3 Å². The van der Waals surface area contributed by atoms with E-state index in [9.17, 15) is 9.18 Å². The topological polar surface area (TPSA) is 103 Å². The van der Waals surface area contributed by atoms with Crippen molar-refractivity contribution in [2.24, 2.45) is 7.05 Å². The first-order valence-corrected chi connectivity index (χ1v) is 10.6. The van der Waals surface area contributed by atoms with Gasteiger partial charge in [0.2, 0.25) is 0 Å². The number of carbonyl (C=O) groups is 1. The van der Waals surface area contributed by atoms with Crippen molar-refractivity contribution >= 4 is 17.2 Å². The third-order valence-corrected chi connectivity index (χ3v) is 5.56. The molecule has 0 aliphatic rings. The molecule has 0 aliphatic heterocycles. The van der Waals surface area contributed by atoms with Crippen LogP contribution in [-0.2, 0) is 7.05 Å². The molecule has 1 N–H and O–H groups in total. The Bertz CT molecular complexity index is 1570. The van der Waals surface area contributed by atoms with Crippen LogP contribution in [0.3, 0.4) is 0 Å². The highest BCUT2D eigenvalue weighted by Gasteiger charge is 2.22. The van der Waals surface area contributed by atoms with Gasteiger partial charge in [-0.2, -0.15) is 5.10 Å². The molecule has 0 saturated carbocycles. The Labute approximate surface area is 194 Å². The van der Waals surface area contributed by atoms with E-state index in [1.165, 1.54) is 21.5 Å². The average Bonchev–Trinajstić information content (AvgIpc) is 3.39. The van der Waals surface area contributed by atoms with E-state index in [1.54, 1.807) is 26.4 Å². The maximum atomic E-state index is 14.9. The summed E-state index contributed by atoms with van der Waals surface area (Å²) in [6.07, 6.45) is 4.45. The van der Waals surface area contributed by atoms with Crippen LogP contribution in [0.5, 0.6) is 0 Å². The SMILES string of the molecule is Cc1ncc(C)c(-c2cnn(C)c2C(=O)Nc2cc3nc(-c4ccccc4C)nn3cc2F)n1. The van der Waals surface area contributed by atoms with Crippen LogP contribution in [0, 0.1) is 26.6 Å². The van der Waals surface area contributed by atoms with E-state index in [-0.39, 0.29) is 11.4 Å². The Morgan fingerprint density at radius 3 is 2.62 bits per heavy atom. The molecule has 0 unspecified atom stereocenters. The second-order valence-electron chi connectivity index (χ2n) is 8.02. The fourth-order valence-electron chi connectivity index (χ4n) is 3.80. The van der Waals surface area contributed by atoms with Crippen LogP contribution in [0.25, 0.3) is 28.3 Å². The fraction of sp³-hybridized carbons (Fsp3) is 0.167. The summed E-state index contributed by atoms with van der Waals surface area (Å²) < 4.78 is 17.7.